The Morgan fingerprint density at radius 2 is 1.95 bits per heavy atom. The fraction of sp³-hybridized carbons (Fsp3) is 0.533. The Hall–Kier alpha value is -1.39. The van der Waals surface area contributed by atoms with Crippen molar-refractivity contribution in [1.82, 2.24) is 10.2 Å². The van der Waals surface area contributed by atoms with Crippen LogP contribution in [0.1, 0.15) is 21.5 Å². The monoisotopic (exact) mass is 262 g/mol. The van der Waals surface area contributed by atoms with Crippen molar-refractivity contribution in [3.8, 4) is 5.75 Å². The molecule has 0 bridgehead atoms. The van der Waals surface area contributed by atoms with Crippen molar-refractivity contribution < 1.29 is 9.53 Å². The first-order chi connectivity index (χ1) is 9.11. The molecular formula is C15H22N2O2. The first kappa shape index (κ1) is 14.0. The van der Waals surface area contributed by atoms with Gasteiger partial charge in [0.2, 0.25) is 0 Å². The molecule has 104 valence electrons. The lowest BCUT2D eigenvalue weighted by molar-refractivity contribution is 0.0921. The van der Waals surface area contributed by atoms with Crippen molar-refractivity contribution in [3.05, 3.63) is 28.8 Å². The van der Waals surface area contributed by atoms with Crippen LogP contribution >= 0.6 is 0 Å². The van der Waals surface area contributed by atoms with Crippen molar-refractivity contribution in [2.24, 2.45) is 0 Å². The molecule has 4 nitrogen and oxygen atoms in total. The van der Waals surface area contributed by atoms with E-state index >= 15 is 0 Å². The Labute approximate surface area is 114 Å². The highest BCUT2D eigenvalue weighted by atomic mass is 16.5. The molecule has 1 N–H and O–H groups in total. The van der Waals surface area contributed by atoms with E-state index in [1.165, 1.54) is 0 Å². The molecule has 1 aromatic carbocycles. The van der Waals surface area contributed by atoms with Gasteiger partial charge in [-0.1, -0.05) is 0 Å². The number of Topliss-reactive ketones (excluding diaryl/α,β-unsaturated/α-hetero) is 1. The summed E-state index contributed by atoms with van der Waals surface area (Å²) in [4.78, 5) is 14.6. The minimum atomic E-state index is 0.199. The van der Waals surface area contributed by atoms with E-state index in [4.69, 9.17) is 4.74 Å². The summed E-state index contributed by atoms with van der Waals surface area (Å²) in [5.74, 6) is 1.04. The molecule has 19 heavy (non-hydrogen) atoms. The van der Waals surface area contributed by atoms with Gasteiger partial charge < -0.3 is 10.1 Å². The first-order valence-corrected chi connectivity index (χ1v) is 6.73. The lowest BCUT2D eigenvalue weighted by Crippen LogP contribution is -2.45. The Bertz CT molecular complexity index is 465. The van der Waals surface area contributed by atoms with Gasteiger partial charge in [0.15, 0.2) is 5.78 Å². The van der Waals surface area contributed by atoms with Crippen LogP contribution in [0, 0.1) is 13.8 Å². The van der Waals surface area contributed by atoms with Crippen molar-refractivity contribution in [1.29, 1.82) is 0 Å². The highest BCUT2D eigenvalue weighted by Gasteiger charge is 2.17. The van der Waals surface area contributed by atoms with Gasteiger partial charge in [-0.05, 0) is 37.1 Å². The van der Waals surface area contributed by atoms with E-state index in [2.05, 4.69) is 10.2 Å². The van der Waals surface area contributed by atoms with Crippen LogP contribution in [0.15, 0.2) is 12.1 Å². The number of rotatable bonds is 4. The maximum atomic E-state index is 12.4. The van der Waals surface area contributed by atoms with Crippen LogP contribution in [-0.2, 0) is 0 Å². The van der Waals surface area contributed by atoms with Crippen molar-refractivity contribution in [2.75, 3.05) is 39.8 Å². The van der Waals surface area contributed by atoms with Crippen LogP contribution in [0.4, 0.5) is 0 Å². The third kappa shape index (κ3) is 3.33. The number of nitrogens with zero attached hydrogens (tertiary/aromatic N) is 1. The lowest BCUT2D eigenvalue weighted by Gasteiger charge is -2.26. The smallest absolute Gasteiger partial charge is 0.177 e. The van der Waals surface area contributed by atoms with Gasteiger partial charge in [-0.2, -0.15) is 0 Å². The molecule has 1 saturated heterocycles. The maximum Gasteiger partial charge on any atom is 0.177 e. The molecule has 1 heterocycles. The first-order valence-electron chi connectivity index (χ1n) is 6.73. The molecule has 4 heteroatoms. The molecule has 0 aromatic heterocycles. The predicted molar refractivity (Wildman–Crippen MR) is 76.1 cm³/mol. The van der Waals surface area contributed by atoms with Crippen molar-refractivity contribution in [2.45, 2.75) is 13.8 Å². The number of carbonyl (C=O) groups is 1. The van der Waals surface area contributed by atoms with Crippen molar-refractivity contribution >= 4 is 5.78 Å². The number of benzene rings is 1. The maximum absolute atomic E-state index is 12.4. The second kappa shape index (κ2) is 6.17. The molecule has 1 aliphatic rings. The summed E-state index contributed by atoms with van der Waals surface area (Å²) in [6, 6.07) is 3.89. The summed E-state index contributed by atoms with van der Waals surface area (Å²) >= 11 is 0. The number of piperazine rings is 1. The Morgan fingerprint density at radius 1 is 1.26 bits per heavy atom. The summed E-state index contributed by atoms with van der Waals surface area (Å²) in [6.45, 7) is 8.27. The molecule has 0 atom stereocenters. The Morgan fingerprint density at radius 3 is 2.58 bits per heavy atom. The molecule has 0 amide bonds. The number of nitrogens with one attached hydrogen (secondary N) is 1. The van der Waals surface area contributed by atoms with E-state index < -0.39 is 0 Å². The van der Waals surface area contributed by atoms with Crippen LogP contribution in [0.5, 0.6) is 5.75 Å². The highest BCUT2D eigenvalue weighted by molar-refractivity contribution is 5.99. The molecule has 1 aliphatic heterocycles. The Balaban J connectivity index is 2.12. The molecule has 0 saturated carbocycles. The Kier molecular flexibility index (Phi) is 4.56. The average molecular weight is 262 g/mol. The van der Waals surface area contributed by atoms with Crippen LogP contribution in [0.2, 0.25) is 0 Å². The van der Waals surface area contributed by atoms with Gasteiger partial charge >= 0.3 is 0 Å². The molecule has 0 spiro atoms. The SMILES string of the molecule is COc1cc(C)c(C(=O)CN2CCNCC2)cc1C. The highest BCUT2D eigenvalue weighted by Crippen LogP contribution is 2.23. The van der Waals surface area contributed by atoms with Gasteiger partial charge in [0, 0.05) is 31.7 Å². The third-order valence-corrected chi connectivity index (χ3v) is 3.62. The third-order valence-electron chi connectivity index (χ3n) is 3.62. The summed E-state index contributed by atoms with van der Waals surface area (Å²) in [5.41, 5.74) is 2.82. The number of ether oxygens (including phenoxy) is 1. The number of aryl methyl sites for hydroxylation is 2. The standard InChI is InChI=1S/C15H22N2O2/c1-11-9-15(19-3)12(2)8-13(11)14(18)10-17-6-4-16-5-7-17/h8-9,16H,4-7,10H2,1-3H3. The summed E-state index contributed by atoms with van der Waals surface area (Å²) in [7, 11) is 1.66. The van der Waals surface area contributed by atoms with Gasteiger partial charge in [-0.15, -0.1) is 0 Å². The van der Waals surface area contributed by atoms with E-state index in [0.29, 0.717) is 6.54 Å². The molecule has 0 radical (unpaired) electrons. The van der Waals surface area contributed by atoms with E-state index in [1.54, 1.807) is 7.11 Å². The van der Waals surface area contributed by atoms with Gasteiger partial charge in [0.25, 0.3) is 0 Å². The van der Waals surface area contributed by atoms with Crippen LogP contribution in [0.25, 0.3) is 0 Å². The summed E-state index contributed by atoms with van der Waals surface area (Å²) in [6.07, 6.45) is 0. The minimum absolute atomic E-state index is 0.199. The van der Waals surface area contributed by atoms with Gasteiger partial charge in [-0.25, -0.2) is 0 Å². The van der Waals surface area contributed by atoms with Crippen LogP contribution < -0.4 is 10.1 Å². The number of hydrogen-bond donors (Lipinski definition) is 1. The molecule has 2 rings (SSSR count). The van der Waals surface area contributed by atoms with Crippen molar-refractivity contribution in [3.63, 3.8) is 0 Å². The average Bonchev–Trinajstić information content (AvgIpc) is 2.42. The molecule has 0 unspecified atom stereocenters. The van der Waals surface area contributed by atoms with Crippen LogP contribution in [-0.4, -0.2) is 50.5 Å². The zero-order chi connectivity index (χ0) is 13.8. The zero-order valence-electron chi connectivity index (χ0n) is 12.0. The van der Waals surface area contributed by atoms with E-state index in [0.717, 1.165) is 48.6 Å². The second-order valence-electron chi connectivity index (χ2n) is 5.09. The van der Waals surface area contributed by atoms with Gasteiger partial charge in [-0.3, -0.25) is 9.69 Å². The number of carbonyl (C=O) groups excluding carboxylic acids is 1. The van der Waals surface area contributed by atoms with Gasteiger partial charge in [0.1, 0.15) is 5.75 Å². The number of methoxy groups -OCH3 is 1. The largest absolute Gasteiger partial charge is 0.496 e. The molecule has 1 aromatic rings. The topological polar surface area (TPSA) is 41.6 Å². The van der Waals surface area contributed by atoms with E-state index in [1.807, 2.05) is 26.0 Å². The zero-order valence-corrected chi connectivity index (χ0v) is 12.0. The molecular weight excluding hydrogens is 240 g/mol. The second-order valence-corrected chi connectivity index (χ2v) is 5.09. The van der Waals surface area contributed by atoms with E-state index in [-0.39, 0.29) is 5.78 Å². The quantitative estimate of drug-likeness (QED) is 0.833. The summed E-state index contributed by atoms with van der Waals surface area (Å²) < 4.78 is 5.28. The lowest BCUT2D eigenvalue weighted by atomic mass is 10.0. The summed E-state index contributed by atoms with van der Waals surface area (Å²) in [5, 5.41) is 3.29. The van der Waals surface area contributed by atoms with Crippen LogP contribution in [0.3, 0.4) is 0 Å². The normalized spacial score (nSPS) is 16.4. The predicted octanol–water partition coefficient (Wildman–Crippen LogP) is 1.40. The molecule has 1 fully saturated rings. The number of ketones is 1. The fourth-order valence-electron chi connectivity index (χ4n) is 2.47. The van der Waals surface area contributed by atoms with Gasteiger partial charge in [0.05, 0.1) is 13.7 Å². The van der Waals surface area contributed by atoms with E-state index in [9.17, 15) is 4.79 Å². The minimum Gasteiger partial charge on any atom is -0.496 e. The molecule has 0 aliphatic carbocycles. The fourth-order valence-corrected chi connectivity index (χ4v) is 2.47. The number of hydrogen-bond acceptors (Lipinski definition) is 4.